The molecule has 3 heterocycles. The molecule has 1 aromatic carbocycles. The van der Waals surface area contributed by atoms with Gasteiger partial charge in [0.05, 0.1) is 42.2 Å². The number of pyridine rings is 1. The van der Waals surface area contributed by atoms with Crippen molar-refractivity contribution in [1.82, 2.24) is 20.3 Å². The minimum Gasteiger partial charge on any atom is -0.611 e. The van der Waals surface area contributed by atoms with Crippen LogP contribution in [0.4, 0.5) is 27.9 Å². The predicted molar refractivity (Wildman–Crippen MR) is 150 cm³/mol. The number of amides is 1. The SMILES string of the molecule is CC[S+]([O-])c1ccc(CNC(=O)c2cnc(N3CC(c4ccc(C(F)(F)F)cc4)CC[C@H]3COC(F)(F)CC)nc2)nc1. The maximum absolute atomic E-state index is 13.9. The van der Waals surface area contributed by atoms with Crippen LogP contribution in [0, 0.1) is 0 Å². The number of alkyl halides is 5. The van der Waals surface area contributed by atoms with E-state index in [9.17, 15) is 31.3 Å². The first-order valence-electron chi connectivity index (χ1n) is 13.8. The van der Waals surface area contributed by atoms with Crippen LogP contribution in [0.3, 0.4) is 0 Å². The lowest BCUT2D eigenvalue weighted by atomic mass is 9.87. The van der Waals surface area contributed by atoms with E-state index in [4.69, 9.17) is 4.74 Å². The van der Waals surface area contributed by atoms with E-state index in [2.05, 4.69) is 20.3 Å². The Labute approximate surface area is 249 Å². The number of ether oxygens (including phenoxy) is 1. The normalized spacial score (nSPS) is 18.4. The zero-order chi connectivity index (χ0) is 31.2. The summed E-state index contributed by atoms with van der Waals surface area (Å²) in [6.45, 7) is 3.19. The number of nitrogens with zero attached hydrogens (tertiary/aromatic N) is 4. The van der Waals surface area contributed by atoms with Crippen LogP contribution in [0.25, 0.3) is 0 Å². The van der Waals surface area contributed by atoms with Crippen LogP contribution >= 0.6 is 0 Å². The van der Waals surface area contributed by atoms with Crippen LogP contribution in [0.1, 0.15) is 66.2 Å². The van der Waals surface area contributed by atoms with Crippen molar-refractivity contribution in [2.45, 2.75) is 68.8 Å². The number of halogens is 5. The first-order chi connectivity index (χ1) is 20.4. The zero-order valence-electron chi connectivity index (χ0n) is 23.6. The fourth-order valence-electron chi connectivity index (χ4n) is 4.66. The Morgan fingerprint density at radius 2 is 1.72 bits per heavy atom. The summed E-state index contributed by atoms with van der Waals surface area (Å²) in [5.41, 5.74) is 0.649. The van der Waals surface area contributed by atoms with Gasteiger partial charge >= 0.3 is 12.3 Å². The third kappa shape index (κ3) is 8.61. The van der Waals surface area contributed by atoms with Crippen molar-refractivity contribution in [1.29, 1.82) is 0 Å². The van der Waals surface area contributed by atoms with E-state index in [0.29, 0.717) is 34.7 Å². The summed E-state index contributed by atoms with van der Waals surface area (Å²) >= 11 is -1.13. The summed E-state index contributed by atoms with van der Waals surface area (Å²) < 4.78 is 83.7. The highest BCUT2D eigenvalue weighted by Gasteiger charge is 2.36. The maximum Gasteiger partial charge on any atom is 0.416 e. The van der Waals surface area contributed by atoms with Crippen LogP contribution < -0.4 is 10.2 Å². The molecule has 232 valence electrons. The quantitative estimate of drug-likeness (QED) is 0.215. The first-order valence-corrected chi connectivity index (χ1v) is 15.1. The minimum absolute atomic E-state index is 0.117. The standard InChI is InChI=1S/C29H32F5N5O3S/c1-3-28(30,31)42-18-24-11-7-20(19-5-8-22(9-6-19)29(32,33)34)17-39(24)27-37-13-21(14-38-27)26(40)36-15-23-10-12-25(16-35-23)43(41)4-2/h5-6,8-10,12-14,16,20,24H,3-4,7,11,15,17-18H2,1-2H3,(H,36,40)/t20?,24-,43?/m0/s1. The van der Waals surface area contributed by atoms with Crippen molar-refractivity contribution >= 4 is 23.0 Å². The molecule has 0 aliphatic carbocycles. The molecule has 2 unspecified atom stereocenters. The lowest BCUT2D eigenvalue weighted by molar-refractivity contribution is -0.242. The van der Waals surface area contributed by atoms with Gasteiger partial charge in [-0.1, -0.05) is 19.1 Å². The number of benzene rings is 1. The molecule has 1 amide bonds. The van der Waals surface area contributed by atoms with Gasteiger partial charge in [-0.05, 0) is 60.8 Å². The van der Waals surface area contributed by atoms with Crippen molar-refractivity contribution in [2.24, 2.45) is 0 Å². The molecule has 1 aliphatic heterocycles. The summed E-state index contributed by atoms with van der Waals surface area (Å²) in [5.74, 6) is -0.00798. The molecular weight excluding hydrogens is 593 g/mol. The van der Waals surface area contributed by atoms with Gasteiger partial charge in [0.25, 0.3) is 5.91 Å². The van der Waals surface area contributed by atoms with Gasteiger partial charge in [0.15, 0.2) is 4.90 Å². The fourth-order valence-corrected chi connectivity index (χ4v) is 5.38. The molecule has 0 spiro atoms. The molecule has 0 saturated carbocycles. The van der Waals surface area contributed by atoms with Gasteiger partial charge in [0.1, 0.15) is 5.75 Å². The Hall–Kier alpha value is -3.36. The summed E-state index contributed by atoms with van der Waals surface area (Å²) in [7, 11) is 0. The molecule has 0 bridgehead atoms. The second kappa shape index (κ2) is 14.0. The third-order valence-electron chi connectivity index (χ3n) is 7.22. The number of aromatic nitrogens is 3. The van der Waals surface area contributed by atoms with Crippen LogP contribution in [0.15, 0.2) is 59.9 Å². The molecule has 1 N–H and O–H groups in total. The Balaban J connectivity index is 1.46. The minimum atomic E-state index is -4.46. The van der Waals surface area contributed by atoms with E-state index in [0.717, 1.165) is 12.1 Å². The number of nitrogens with one attached hydrogen (secondary N) is 1. The van der Waals surface area contributed by atoms with Gasteiger partial charge < -0.3 is 19.5 Å². The average Bonchev–Trinajstić information content (AvgIpc) is 3.02. The monoisotopic (exact) mass is 625 g/mol. The summed E-state index contributed by atoms with van der Waals surface area (Å²) in [6, 6.07) is 7.75. The van der Waals surface area contributed by atoms with E-state index in [1.54, 1.807) is 24.0 Å². The smallest absolute Gasteiger partial charge is 0.416 e. The number of piperidine rings is 1. The van der Waals surface area contributed by atoms with Crippen LogP contribution in [0.5, 0.6) is 0 Å². The molecule has 3 aromatic rings. The topological polar surface area (TPSA) is 103 Å². The largest absolute Gasteiger partial charge is 0.611 e. The maximum atomic E-state index is 13.9. The highest BCUT2D eigenvalue weighted by Crippen LogP contribution is 2.35. The molecule has 8 nitrogen and oxygen atoms in total. The Kier molecular flexibility index (Phi) is 10.6. The van der Waals surface area contributed by atoms with Crippen molar-refractivity contribution in [3.05, 3.63) is 77.4 Å². The Morgan fingerprint density at radius 3 is 2.30 bits per heavy atom. The second-order valence-electron chi connectivity index (χ2n) is 10.1. The van der Waals surface area contributed by atoms with Gasteiger partial charge in [0, 0.05) is 31.3 Å². The molecule has 4 rings (SSSR count). The number of rotatable bonds is 11. The number of hydrogen-bond acceptors (Lipinski definition) is 7. The fraction of sp³-hybridized carbons (Fsp3) is 0.448. The number of carbonyl (C=O) groups excluding carboxylic acids is 1. The van der Waals surface area contributed by atoms with Crippen molar-refractivity contribution in [3.63, 3.8) is 0 Å². The molecule has 3 atom stereocenters. The summed E-state index contributed by atoms with van der Waals surface area (Å²) in [5, 5.41) is 2.72. The molecule has 1 saturated heterocycles. The summed E-state index contributed by atoms with van der Waals surface area (Å²) in [6.07, 6.45) is -3.16. The highest BCUT2D eigenvalue weighted by molar-refractivity contribution is 7.91. The first kappa shape index (κ1) is 32.6. The highest BCUT2D eigenvalue weighted by atomic mass is 32.2. The molecule has 43 heavy (non-hydrogen) atoms. The van der Waals surface area contributed by atoms with Gasteiger partial charge in [-0.2, -0.15) is 22.0 Å². The van der Waals surface area contributed by atoms with E-state index >= 15 is 0 Å². The molecule has 1 fully saturated rings. The van der Waals surface area contributed by atoms with Gasteiger partial charge in [-0.15, -0.1) is 0 Å². The number of carbonyl (C=O) groups is 1. The van der Waals surface area contributed by atoms with Crippen molar-refractivity contribution < 1.29 is 36.0 Å². The Morgan fingerprint density at radius 1 is 1.02 bits per heavy atom. The lowest BCUT2D eigenvalue weighted by Gasteiger charge is -2.40. The third-order valence-corrected chi connectivity index (χ3v) is 8.52. The van der Waals surface area contributed by atoms with Crippen LogP contribution in [-0.4, -0.2) is 56.5 Å². The van der Waals surface area contributed by atoms with E-state index in [1.807, 2.05) is 0 Å². The predicted octanol–water partition coefficient (Wildman–Crippen LogP) is 5.72. The molecular formula is C29H32F5N5O3S. The second-order valence-corrected chi connectivity index (χ2v) is 11.8. The zero-order valence-corrected chi connectivity index (χ0v) is 24.4. The van der Waals surface area contributed by atoms with Gasteiger partial charge in [-0.3, -0.25) is 9.78 Å². The van der Waals surface area contributed by atoms with Gasteiger partial charge in [-0.25, -0.2) is 9.97 Å². The number of hydrogen-bond donors (Lipinski definition) is 1. The van der Waals surface area contributed by atoms with E-state index in [1.165, 1.54) is 37.6 Å². The molecule has 14 heteroatoms. The number of anilines is 1. The van der Waals surface area contributed by atoms with E-state index < -0.39 is 47.4 Å². The average molecular weight is 626 g/mol. The lowest BCUT2D eigenvalue weighted by Crippen LogP contribution is -2.47. The Bertz CT molecular complexity index is 1340. The van der Waals surface area contributed by atoms with E-state index in [-0.39, 0.29) is 37.1 Å². The molecule has 2 aromatic heterocycles. The van der Waals surface area contributed by atoms with Crippen molar-refractivity contribution in [2.75, 3.05) is 23.8 Å². The van der Waals surface area contributed by atoms with Crippen LogP contribution in [0.2, 0.25) is 0 Å². The summed E-state index contributed by atoms with van der Waals surface area (Å²) in [4.78, 5) is 27.9. The van der Waals surface area contributed by atoms with Crippen LogP contribution in [-0.2, 0) is 28.6 Å². The molecule has 1 aliphatic rings. The molecule has 0 radical (unpaired) electrons. The van der Waals surface area contributed by atoms with Crippen molar-refractivity contribution in [3.8, 4) is 0 Å². The van der Waals surface area contributed by atoms with Gasteiger partial charge in [0.2, 0.25) is 5.95 Å².